The number of aromatic nitrogens is 2. The molecule has 1 atom stereocenters. The molecule has 6 nitrogen and oxygen atoms in total. The average molecular weight is 264 g/mol. The zero-order chi connectivity index (χ0) is 13.2. The Labute approximate surface area is 112 Å². The van der Waals surface area contributed by atoms with Gasteiger partial charge in [-0.25, -0.2) is 0 Å². The predicted octanol–water partition coefficient (Wildman–Crippen LogP) is 1.44. The largest absolute Gasteiger partial charge is 0.408 e. The van der Waals surface area contributed by atoms with Gasteiger partial charge in [0.1, 0.15) is 0 Å². The van der Waals surface area contributed by atoms with Crippen molar-refractivity contribution in [1.29, 1.82) is 0 Å². The van der Waals surface area contributed by atoms with Crippen molar-refractivity contribution in [2.45, 2.75) is 45.1 Å². The fourth-order valence-electron chi connectivity index (χ4n) is 2.51. The first-order valence-electron chi connectivity index (χ1n) is 7.14. The van der Waals surface area contributed by atoms with Crippen LogP contribution in [0.2, 0.25) is 0 Å². The third-order valence-electron chi connectivity index (χ3n) is 3.76. The second kappa shape index (κ2) is 5.19. The molecule has 1 aromatic rings. The summed E-state index contributed by atoms with van der Waals surface area (Å²) >= 11 is 0. The number of rotatable bonds is 4. The van der Waals surface area contributed by atoms with E-state index in [9.17, 15) is 4.79 Å². The van der Waals surface area contributed by atoms with Gasteiger partial charge in [-0.1, -0.05) is 12.0 Å². The van der Waals surface area contributed by atoms with Gasteiger partial charge < -0.3 is 14.6 Å². The molecule has 19 heavy (non-hydrogen) atoms. The molecule has 0 aromatic carbocycles. The molecule has 104 valence electrons. The molecular formula is C13H20N4O2. The quantitative estimate of drug-likeness (QED) is 0.891. The smallest absolute Gasteiger partial charge is 0.315 e. The first-order chi connectivity index (χ1) is 9.26. The van der Waals surface area contributed by atoms with Crippen molar-refractivity contribution in [1.82, 2.24) is 15.1 Å². The Morgan fingerprint density at radius 2 is 2.26 bits per heavy atom. The van der Waals surface area contributed by atoms with Crippen molar-refractivity contribution < 1.29 is 9.21 Å². The molecular weight excluding hydrogens is 244 g/mol. The van der Waals surface area contributed by atoms with Crippen LogP contribution in [0.1, 0.15) is 38.5 Å². The van der Waals surface area contributed by atoms with Crippen LogP contribution in [0.4, 0.5) is 6.01 Å². The number of likely N-dealkylation sites (tertiary alicyclic amines) is 1. The number of hydrogen-bond acceptors (Lipinski definition) is 5. The minimum Gasteiger partial charge on any atom is -0.408 e. The molecule has 1 aliphatic heterocycles. The van der Waals surface area contributed by atoms with E-state index in [4.69, 9.17) is 4.42 Å². The number of carbonyl (C=O) groups excluding carboxylic acids is 1. The maximum absolute atomic E-state index is 12.1. The Kier molecular flexibility index (Phi) is 3.40. The highest BCUT2D eigenvalue weighted by Crippen LogP contribution is 2.32. The van der Waals surface area contributed by atoms with E-state index in [0.717, 1.165) is 45.2 Å². The molecule has 1 amide bonds. The standard InChI is InChI=1S/C13H20N4O2/c1-2-11-15-16-13(19-11)14-10-4-3-7-17(8-10)12(18)9-5-6-9/h9-10H,2-8H2,1H3,(H,14,16). The molecule has 2 heterocycles. The van der Waals surface area contributed by atoms with Gasteiger partial charge in [0.2, 0.25) is 11.8 Å². The van der Waals surface area contributed by atoms with Crippen LogP contribution in [0.3, 0.4) is 0 Å². The molecule has 3 rings (SSSR count). The second-order valence-electron chi connectivity index (χ2n) is 5.40. The second-order valence-corrected chi connectivity index (χ2v) is 5.40. The summed E-state index contributed by atoms with van der Waals surface area (Å²) in [6.07, 6.45) is 4.95. The highest BCUT2D eigenvalue weighted by atomic mass is 16.4. The Hall–Kier alpha value is -1.59. The topological polar surface area (TPSA) is 71.3 Å². The molecule has 2 fully saturated rings. The monoisotopic (exact) mass is 264 g/mol. The van der Waals surface area contributed by atoms with Gasteiger partial charge in [-0.15, -0.1) is 5.10 Å². The van der Waals surface area contributed by atoms with Gasteiger partial charge in [0.05, 0.1) is 0 Å². The molecule has 0 bridgehead atoms. The van der Waals surface area contributed by atoms with Crippen LogP contribution in [0.5, 0.6) is 0 Å². The summed E-state index contributed by atoms with van der Waals surface area (Å²) in [6.45, 7) is 3.62. The van der Waals surface area contributed by atoms with Crippen LogP contribution in [0.25, 0.3) is 0 Å². The van der Waals surface area contributed by atoms with E-state index >= 15 is 0 Å². The third-order valence-corrected chi connectivity index (χ3v) is 3.76. The Balaban J connectivity index is 1.56. The maximum atomic E-state index is 12.1. The van der Waals surface area contributed by atoms with E-state index in [0.29, 0.717) is 23.7 Å². The normalized spacial score (nSPS) is 23.4. The van der Waals surface area contributed by atoms with Crippen LogP contribution in [0, 0.1) is 5.92 Å². The Morgan fingerprint density at radius 3 is 2.95 bits per heavy atom. The van der Waals surface area contributed by atoms with E-state index in [1.807, 2.05) is 11.8 Å². The number of anilines is 1. The van der Waals surface area contributed by atoms with Crippen LogP contribution in [0.15, 0.2) is 4.42 Å². The first-order valence-corrected chi connectivity index (χ1v) is 7.14. The van der Waals surface area contributed by atoms with Crippen molar-refractivity contribution in [2.24, 2.45) is 5.92 Å². The number of carbonyl (C=O) groups is 1. The summed E-state index contributed by atoms with van der Waals surface area (Å²) in [7, 11) is 0. The number of piperidine rings is 1. The number of hydrogen-bond donors (Lipinski definition) is 1. The highest BCUT2D eigenvalue weighted by Gasteiger charge is 2.35. The molecule has 1 unspecified atom stereocenters. The fourth-order valence-corrected chi connectivity index (χ4v) is 2.51. The molecule has 1 N–H and O–H groups in total. The van der Waals surface area contributed by atoms with Gasteiger partial charge >= 0.3 is 6.01 Å². The lowest BCUT2D eigenvalue weighted by atomic mass is 10.1. The summed E-state index contributed by atoms with van der Waals surface area (Å²) in [5.74, 6) is 1.27. The molecule has 2 aliphatic rings. The summed E-state index contributed by atoms with van der Waals surface area (Å²) in [4.78, 5) is 14.0. The zero-order valence-corrected chi connectivity index (χ0v) is 11.3. The molecule has 0 spiro atoms. The highest BCUT2D eigenvalue weighted by molar-refractivity contribution is 5.81. The fraction of sp³-hybridized carbons (Fsp3) is 0.769. The zero-order valence-electron chi connectivity index (χ0n) is 11.3. The molecule has 0 radical (unpaired) electrons. The van der Waals surface area contributed by atoms with Crippen molar-refractivity contribution >= 4 is 11.9 Å². The summed E-state index contributed by atoms with van der Waals surface area (Å²) in [5.41, 5.74) is 0. The van der Waals surface area contributed by atoms with Crippen LogP contribution in [-0.2, 0) is 11.2 Å². The summed E-state index contributed by atoms with van der Waals surface area (Å²) < 4.78 is 5.45. The van der Waals surface area contributed by atoms with Crippen molar-refractivity contribution in [2.75, 3.05) is 18.4 Å². The van der Waals surface area contributed by atoms with Crippen LogP contribution < -0.4 is 5.32 Å². The van der Waals surface area contributed by atoms with Crippen molar-refractivity contribution in [3.8, 4) is 0 Å². The van der Waals surface area contributed by atoms with E-state index in [1.165, 1.54) is 0 Å². The minimum atomic E-state index is 0.224. The van der Waals surface area contributed by atoms with E-state index in [2.05, 4.69) is 15.5 Å². The lowest BCUT2D eigenvalue weighted by molar-refractivity contribution is -0.133. The molecule has 1 saturated carbocycles. The summed E-state index contributed by atoms with van der Waals surface area (Å²) in [6, 6.07) is 0.698. The number of nitrogens with zero attached hydrogens (tertiary/aromatic N) is 3. The third kappa shape index (κ3) is 2.88. The minimum absolute atomic E-state index is 0.224. The maximum Gasteiger partial charge on any atom is 0.315 e. The van der Waals surface area contributed by atoms with Gasteiger partial charge in [0, 0.05) is 31.5 Å². The van der Waals surface area contributed by atoms with Gasteiger partial charge in [-0.3, -0.25) is 4.79 Å². The lowest BCUT2D eigenvalue weighted by Gasteiger charge is -2.32. The van der Waals surface area contributed by atoms with Crippen molar-refractivity contribution in [3.63, 3.8) is 0 Å². The van der Waals surface area contributed by atoms with Crippen molar-refractivity contribution in [3.05, 3.63) is 5.89 Å². The van der Waals surface area contributed by atoms with Gasteiger partial charge in [-0.2, -0.15) is 0 Å². The van der Waals surface area contributed by atoms with Gasteiger partial charge in [0.25, 0.3) is 0 Å². The number of amides is 1. The van der Waals surface area contributed by atoms with E-state index in [1.54, 1.807) is 0 Å². The molecule has 1 aromatic heterocycles. The van der Waals surface area contributed by atoms with Gasteiger partial charge in [-0.05, 0) is 25.7 Å². The SMILES string of the molecule is CCc1nnc(NC2CCCN(C(=O)C3CC3)C2)o1. The van der Waals surface area contributed by atoms with E-state index < -0.39 is 0 Å². The van der Waals surface area contributed by atoms with Crippen LogP contribution >= 0.6 is 0 Å². The molecule has 6 heteroatoms. The lowest BCUT2D eigenvalue weighted by Crippen LogP contribution is -2.45. The van der Waals surface area contributed by atoms with Crippen LogP contribution in [-0.4, -0.2) is 40.1 Å². The Morgan fingerprint density at radius 1 is 1.42 bits per heavy atom. The number of nitrogens with one attached hydrogen (secondary N) is 1. The van der Waals surface area contributed by atoms with E-state index in [-0.39, 0.29) is 6.04 Å². The predicted molar refractivity (Wildman–Crippen MR) is 69.6 cm³/mol. The number of aryl methyl sites for hydroxylation is 1. The Bertz CT molecular complexity index is 455. The molecule has 1 saturated heterocycles. The van der Waals surface area contributed by atoms with Gasteiger partial charge in [0.15, 0.2) is 0 Å². The average Bonchev–Trinajstić information content (AvgIpc) is 3.19. The molecule has 1 aliphatic carbocycles. The summed E-state index contributed by atoms with van der Waals surface area (Å²) in [5, 5.41) is 11.1. The first kappa shape index (κ1) is 12.4.